The maximum atomic E-state index is 12.7. The van der Waals surface area contributed by atoms with Crippen LogP contribution in [0.5, 0.6) is 0 Å². The SMILES string of the molecule is CCCCCC=CCCCC(OC(=O)CCCN(C)C)C(CCCCCC)CCCCCCCC. The summed E-state index contributed by atoms with van der Waals surface area (Å²) in [6.45, 7) is 7.77. The summed E-state index contributed by atoms with van der Waals surface area (Å²) in [6, 6.07) is 0. The molecule has 3 heteroatoms. The summed E-state index contributed by atoms with van der Waals surface area (Å²) in [5.74, 6) is 0.554. The van der Waals surface area contributed by atoms with E-state index in [4.69, 9.17) is 4.74 Å². The maximum absolute atomic E-state index is 12.7. The van der Waals surface area contributed by atoms with Crippen LogP contribution in [0.25, 0.3) is 0 Å². The maximum Gasteiger partial charge on any atom is 0.306 e. The van der Waals surface area contributed by atoms with Gasteiger partial charge in [0.25, 0.3) is 0 Å². The molecule has 35 heavy (non-hydrogen) atoms. The van der Waals surface area contributed by atoms with Gasteiger partial charge in [-0.1, -0.05) is 110 Å². The molecule has 0 bridgehead atoms. The number of hydrogen-bond acceptors (Lipinski definition) is 3. The van der Waals surface area contributed by atoms with Gasteiger partial charge in [0.15, 0.2) is 0 Å². The Kier molecular flexibility index (Phi) is 25.6. The van der Waals surface area contributed by atoms with Gasteiger partial charge in [0.2, 0.25) is 0 Å². The second-order valence-electron chi connectivity index (χ2n) is 11.0. The molecular formula is C32H63NO2. The summed E-state index contributed by atoms with van der Waals surface area (Å²) in [7, 11) is 4.13. The highest BCUT2D eigenvalue weighted by Gasteiger charge is 2.24. The molecule has 0 spiro atoms. The number of esters is 1. The second-order valence-corrected chi connectivity index (χ2v) is 11.0. The molecular weight excluding hydrogens is 430 g/mol. The van der Waals surface area contributed by atoms with Gasteiger partial charge >= 0.3 is 5.97 Å². The monoisotopic (exact) mass is 493 g/mol. The Balaban J connectivity index is 4.90. The highest BCUT2D eigenvalue weighted by molar-refractivity contribution is 5.69. The third kappa shape index (κ3) is 23.3. The number of carbonyl (C=O) groups excluding carboxylic acids is 1. The molecule has 0 aliphatic carbocycles. The number of unbranched alkanes of at least 4 members (excludes halogenated alkanes) is 12. The second kappa shape index (κ2) is 26.2. The minimum atomic E-state index is 0.0217. The minimum absolute atomic E-state index is 0.0217. The Labute approximate surface area is 220 Å². The van der Waals surface area contributed by atoms with E-state index >= 15 is 0 Å². The fourth-order valence-corrected chi connectivity index (χ4v) is 4.88. The Hall–Kier alpha value is -0.830. The zero-order valence-corrected chi connectivity index (χ0v) is 24.6. The molecule has 0 N–H and O–H groups in total. The van der Waals surface area contributed by atoms with Crippen LogP contribution in [0.4, 0.5) is 0 Å². The molecule has 0 aromatic heterocycles. The lowest BCUT2D eigenvalue weighted by molar-refractivity contribution is -0.153. The third-order valence-electron chi connectivity index (χ3n) is 7.15. The molecule has 2 unspecified atom stereocenters. The van der Waals surface area contributed by atoms with Crippen molar-refractivity contribution in [3.63, 3.8) is 0 Å². The molecule has 0 aliphatic heterocycles. The molecule has 0 heterocycles. The van der Waals surface area contributed by atoms with Crippen LogP contribution >= 0.6 is 0 Å². The van der Waals surface area contributed by atoms with Crippen LogP contribution in [0.3, 0.4) is 0 Å². The predicted molar refractivity (Wildman–Crippen MR) is 155 cm³/mol. The number of ether oxygens (including phenoxy) is 1. The van der Waals surface area contributed by atoms with Crippen LogP contribution in [0.1, 0.15) is 156 Å². The van der Waals surface area contributed by atoms with Gasteiger partial charge in [-0.2, -0.15) is 0 Å². The first-order valence-electron chi connectivity index (χ1n) is 15.5. The lowest BCUT2D eigenvalue weighted by Crippen LogP contribution is -2.28. The molecule has 0 aromatic rings. The Bertz CT molecular complexity index is 474. The first-order chi connectivity index (χ1) is 17.0. The van der Waals surface area contributed by atoms with Gasteiger partial charge in [-0.05, 0) is 77.9 Å². The zero-order chi connectivity index (χ0) is 26.0. The van der Waals surface area contributed by atoms with Crippen LogP contribution in [0.15, 0.2) is 12.2 Å². The predicted octanol–water partition coefficient (Wildman–Crippen LogP) is 9.88. The molecule has 0 rings (SSSR count). The number of rotatable bonds is 26. The number of hydrogen-bond donors (Lipinski definition) is 0. The van der Waals surface area contributed by atoms with Crippen LogP contribution in [0, 0.1) is 5.92 Å². The van der Waals surface area contributed by atoms with E-state index < -0.39 is 0 Å². The van der Waals surface area contributed by atoms with Gasteiger partial charge in [0.1, 0.15) is 6.10 Å². The highest BCUT2D eigenvalue weighted by Crippen LogP contribution is 2.27. The summed E-state index contributed by atoms with van der Waals surface area (Å²) in [5.41, 5.74) is 0. The van der Waals surface area contributed by atoms with Gasteiger partial charge in [-0.25, -0.2) is 0 Å². The molecule has 0 saturated heterocycles. The van der Waals surface area contributed by atoms with E-state index in [0.29, 0.717) is 12.3 Å². The first-order valence-corrected chi connectivity index (χ1v) is 15.5. The number of carbonyl (C=O) groups is 1. The van der Waals surface area contributed by atoms with Crippen molar-refractivity contribution in [3.05, 3.63) is 12.2 Å². The van der Waals surface area contributed by atoms with Crippen molar-refractivity contribution in [3.8, 4) is 0 Å². The van der Waals surface area contributed by atoms with Crippen LogP contribution in [-0.4, -0.2) is 37.6 Å². The average molecular weight is 494 g/mol. The van der Waals surface area contributed by atoms with Gasteiger partial charge in [0, 0.05) is 6.42 Å². The Morgan fingerprint density at radius 2 is 1.17 bits per heavy atom. The van der Waals surface area contributed by atoms with Crippen molar-refractivity contribution in [2.24, 2.45) is 5.92 Å². The summed E-state index contributed by atoms with van der Waals surface area (Å²) in [4.78, 5) is 14.9. The smallest absolute Gasteiger partial charge is 0.306 e. The van der Waals surface area contributed by atoms with Gasteiger partial charge < -0.3 is 9.64 Å². The Morgan fingerprint density at radius 3 is 1.77 bits per heavy atom. The molecule has 0 aliphatic rings. The van der Waals surface area contributed by atoms with Crippen molar-refractivity contribution >= 4 is 5.97 Å². The lowest BCUT2D eigenvalue weighted by Gasteiger charge is -2.28. The van der Waals surface area contributed by atoms with Gasteiger partial charge in [-0.15, -0.1) is 0 Å². The van der Waals surface area contributed by atoms with E-state index in [2.05, 4.69) is 51.9 Å². The van der Waals surface area contributed by atoms with Crippen molar-refractivity contribution < 1.29 is 9.53 Å². The van der Waals surface area contributed by atoms with Crippen molar-refractivity contribution in [1.82, 2.24) is 4.90 Å². The van der Waals surface area contributed by atoms with Crippen LogP contribution in [0.2, 0.25) is 0 Å². The average Bonchev–Trinajstić information content (AvgIpc) is 2.83. The topological polar surface area (TPSA) is 29.5 Å². The summed E-state index contributed by atoms with van der Waals surface area (Å²) in [5, 5.41) is 0. The van der Waals surface area contributed by atoms with E-state index in [9.17, 15) is 4.79 Å². The van der Waals surface area contributed by atoms with Crippen molar-refractivity contribution in [1.29, 1.82) is 0 Å². The standard InChI is InChI=1S/C32H63NO2/c1-6-9-12-15-17-18-20-23-27-31(35-32(34)28-24-29-33(4)5)30(25-21-14-11-8-3)26-22-19-16-13-10-7-2/h17-18,30-31H,6-16,19-29H2,1-5H3. The molecule has 3 nitrogen and oxygen atoms in total. The normalized spacial score (nSPS) is 13.5. The lowest BCUT2D eigenvalue weighted by atomic mass is 9.87. The highest BCUT2D eigenvalue weighted by atomic mass is 16.5. The van der Waals surface area contributed by atoms with Crippen LogP contribution in [-0.2, 0) is 9.53 Å². The molecule has 208 valence electrons. The Morgan fingerprint density at radius 1 is 0.657 bits per heavy atom. The van der Waals surface area contributed by atoms with E-state index in [1.165, 1.54) is 103 Å². The van der Waals surface area contributed by atoms with Crippen molar-refractivity contribution in [2.75, 3.05) is 20.6 Å². The van der Waals surface area contributed by atoms with Gasteiger partial charge in [-0.3, -0.25) is 4.79 Å². The fourth-order valence-electron chi connectivity index (χ4n) is 4.88. The van der Waals surface area contributed by atoms with Gasteiger partial charge in [0.05, 0.1) is 0 Å². The molecule has 0 amide bonds. The largest absolute Gasteiger partial charge is 0.462 e. The molecule has 0 aromatic carbocycles. The van der Waals surface area contributed by atoms with E-state index in [1.807, 2.05) is 0 Å². The van der Waals surface area contributed by atoms with Crippen LogP contribution < -0.4 is 0 Å². The number of allylic oxidation sites excluding steroid dienone is 2. The summed E-state index contributed by atoms with van der Waals surface area (Å²) in [6.07, 6.45) is 30.3. The zero-order valence-electron chi connectivity index (χ0n) is 24.6. The van der Waals surface area contributed by atoms with Crippen molar-refractivity contribution in [2.45, 2.75) is 162 Å². The molecule has 0 saturated carbocycles. The molecule has 2 atom stereocenters. The summed E-state index contributed by atoms with van der Waals surface area (Å²) < 4.78 is 6.23. The van der Waals surface area contributed by atoms with E-state index in [-0.39, 0.29) is 12.1 Å². The third-order valence-corrected chi connectivity index (χ3v) is 7.15. The van der Waals surface area contributed by atoms with E-state index in [0.717, 1.165) is 32.2 Å². The molecule has 0 fully saturated rings. The quantitative estimate of drug-likeness (QED) is 0.0682. The number of nitrogens with zero attached hydrogens (tertiary/aromatic N) is 1. The minimum Gasteiger partial charge on any atom is -0.462 e. The fraction of sp³-hybridized carbons (Fsp3) is 0.906. The molecule has 0 radical (unpaired) electrons. The van der Waals surface area contributed by atoms with E-state index in [1.54, 1.807) is 0 Å². The summed E-state index contributed by atoms with van der Waals surface area (Å²) >= 11 is 0. The first kappa shape index (κ1) is 34.2.